The van der Waals surface area contributed by atoms with Crippen LogP contribution in [-0.4, -0.2) is 47.6 Å². The molecular formula is C19H27NO3. The Morgan fingerprint density at radius 1 is 1.22 bits per heavy atom. The first-order chi connectivity index (χ1) is 11.2. The molecule has 3 rings (SSSR count). The topological polar surface area (TPSA) is 49.8 Å². The lowest BCUT2D eigenvalue weighted by molar-refractivity contribution is -0.123. The van der Waals surface area contributed by atoms with Gasteiger partial charge in [-0.05, 0) is 56.3 Å². The lowest BCUT2D eigenvalue weighted by Gasteiger charge is -2.45. The molecule has 1 aromatic rings. The number of aliphatic hydroxyl groups is 1. The number of hydrogen-bond acceptors (Lipinski definition) is 4. The second kappa shape index (κ2) is 7.02. The van der Waals surface area contributed by atoms with Crippen molar-refractivity contribution in [1.82, 2.24) is 4.90 Å². The lowest BCUT2D eigenvalue weighted by Crippen LogP contribution is -2.53. The third-order valence-corrected chi connectivity index (χ3v) is 5.67. The molecule has 1 spiro atoms. The molecule has 0 unspecified atom stereocenters. The van der Waals surface area contributed by atoms with E-state index in [0.29, 0.717) is 18.6 Å². The summed E-state index contributed by atoms with van der Waals surface area (Å²) in [5, 5.41) is 9.98. The summed E-state index contributed by atoms with van der Waals surface area (Å²) in [6.45, 7) is 1.21. The van der Waals surface area contributed by atoms with Gasteiger partial charge in [-0.1, -0.05) is 12.1 Å². The lowest BCUT2D eigenvalue weighted by atomic mass is 9.78. The van der Waals surface area contributed by atoms with Crippen molar-refractivity contribution in [2.24, 2.45) is 0 Å². The van der Waals surface area contributed by atoms with E-state index in [1.165, 1.54) is 18.4 Å². The van der Waals surface area contributed by atoms with Crippen molar-refractivity contribution in [2.75, 3.05) is 20.3 Å². The molecule has 2 aliphatic rings. The first kappa shape index (κ1) is 16.5. The predicted molar refractivity (Wildman–Crippen MR) is 89.7 cm³/mol. The van der Waals surface area contributed by atoms with Gasteiger partial charge in [-0.3, -0.25) is 9.69 Å². The predicted octanol–water partition coefficient (Wildman–Crippen LogP) is 2.58. The average Bonchev–Trinajstić information content (AvgIpc) is 2.99. The largest absolute Gasteiger partial charge is 0.497 e. The van der Waals surface area contributed by atoms with E-state index in [2.05, 4.69) is 17.0 Å². The Hall–Kier alpha value is -1.39. The Morgan fingerprint density at radius 2 is 1.91 bits per heavy atom. The van der Waals surface area contributed by atoms with Crippen LogP contribution >= 0.6 is 0 Å². The summed E-state index contributed by atoms with van der Waals surface area (Å²) in [6, 6.07) is 8.24. The van der Waals surface area contributed by atoms with Crippen molar-refractivity contribution in [3.63, 3.8) is 0 Å². The monoisotopic (exact) mass is 317 g/mol. The number of nitrogens with zero attached hydrogens (tertiary/aromatic N) is 1. The van der Waals surface area contributed by atoms with Crippen LogP contribution in [0.1, 0.15) is 44.1 Å². The number of carbonyl (C=O) groups is 1. The molecule has 1 aliphatic carbocycles. The zero-order chi connectivity index (χ0) is 16.3. The van der Waals surface area contributed by atoms with Crippen molar-refractivity contribution in [1.29, 1.82) is 0 Å². The second-order valence-corrected chi connectivity index (χ2v) is 6.95. The quantitative estimate of drug-likeness (QED) is 0.907. The Balaban J connectivity index is 1.72. The number of carbonyl (C=O) groups excluding carboxylic acids is 1. The molecule has 126 valence electrons. The van der Waals surface area contributed by atoms with Crippen LogP contribution in [0.5, 0.6) is 5.75 Å². The number of ketones is 1. The van der Waals surface area contributed by atoms with Crippen molar-refractivity contribution >= 4 is 5.78 Å². The molecule has 2 fully saturated rings. The fourth-order valence-corrected chi connectivity index (χ4v) is 4.37. The number of rotatable bonds is 5. The van der Waals surface area contributed by atoms with Gasteiger partial charge in [0.1, 0.15) is 11.5 Å². The minimum atomic E-state index is 0.138. The van der Waals surface area contributed by atoms with E-state index in [1.54, 1.807) is 7.11 Å². The summed E-state index contributed by atoms with van der Waals surface area (Å²) in [4.78, 5) is 14.1. The van der Waals surface area contributed by atoms with Gasteiger partial charge >= 0.3 is 0 Å². The van der Waals surface area contributed by atoms with Crippen molar-refractivity contribution in [3.8, 4) is 5.75 Å². The van der Waals surface area contributed by atoms with Gasteiger partial charge < -0.3 is 9.84 Å². The molecule has 1 N–H and O–H groups in total. The number of hydrogen-bond donors (Lipinski definition) is 1. The van der Waals surface area contributed by atoms with Crippen LogP contribution in [0, 0.1) is 0 Å². The van der Waals surface area contributed by atoms with Gasteiger partial charge in [0.15, 0.2) is 0 Å². The third-order valence-electron chi connectivity index (χ3n) is 5.67. The summed E-state index contributed by atoms with van der Waals surface area (Å²) in [5.41, 5.74) is 1.37. The smallest absolute Gasteiger partial charge is 0.133 e. The van der Waals surface area contributed by atoms with Crippen LogP contribution in [0.2, 0.25) is 0 Å². The van der Waals surface area contributed by atoms with Gasteiger partial charge in [-0.15, -0.1) is 0 Å². The second-order valence-electron chi connectivity index (χ2n) is 6.95. The number of methoxy groups -OCH3 is 1. The summed E-state index contributed by atoms with van der Waals surface area (Å²) >= 11 is 0. The first-order valence-corrected chi connectivity index (χ1v) is 8.69. The number of Topliss-reactive ketones (excluding diaryl/α,β-unsaturated/α-hetero) is 1. The molecular weight excluding hydrogens is 290 g/mol. The normalized spacial score (nSPS) is 22.4. The third kappa shape index (κ3) is 3.43. The van der Waals surface area contributed by atoms with Gasteiger partial charge in [-0.25, -0.2) is 0 Å². The molecule has 0 bridgehead atoms. The number of likely N-dealkylation sites (tertiary alicyclic amines) is 1. The summed E-state index contributed by atoms with van der Waals surface area (Å²) in [5.74, 6) is 1.26. The van der Waals surface area contributed by atoms with Crippen LogP contribution < -0.4 is 4.74 Å². The highest BCUT2D eigenvalue weighted by Gasteiger charge is 2.45. The fourth-order valence-electron chi connectivity index (χ4n) is 4.37. The Morgan fingerprint density at radius 3 is 2.52 bits per heavy atom. The summed E-state index contributed by atoms with van der Waals surface area (Å²) in [7, 11) is 1.67. The molecule has 1 aromatic carbocycles. The molecule has 4 nitrogen and oxygen atoms in total. The van der Waals surface area contributed by atoms with Crippen molar-refractivity contribution in [3.05, 3.63) is 29.8 Å². The zero-order valence-corrected chi connectivity index (χ0v) is 14.0. The van der Waals surface area contributed by atoms with Crippen LogP contribution in [0.15, 0.2) is 24.3 Å². The van der Waals surface area contributed by atoms with Gasteiger partial charge in [0.2, 0.25) is 0 Å². The maximum absolute atomic E-state index is 11.6. The summed E-state index contributed by atoms with van der Waals surface area (Å²) in [6.07, 6.45) is 6.52. The van der Waals surface area contributed by atoms with Crippen LogP contribution in [0.3, 0.4) is 0 Å². The SMILES string of the molecule is COc1ccc(C[C@@H](CO)N2CCCC23CCC(=O)CC3)cc1. The molecule has 1 heterocycles. The maximum Gasteiger partial charge on any atom is 0.133 e. The van der Waals surface area contributed by atoms with Crippen LogP contribution in [0.25, 0.3) is 0 Å². The van der Waals surface area contributed by atoms with Gasteiger partial charge in [0.05, 0.1) is 13.7 Å². The Bertz CT molecular complexity index is 530. The molecule has 1 saturated heterocycles. The number of aliphatic hydroxyl groups excluding tert-OH is 1. The Kier molecular flexibility index (Phi) is 5.02. The molecule has 1 atom stereocenters. The highest BCUT2D eigenvalue weighted by molar-refractivity contribution is 5.79. The molecule has 0 amide bonds. The van der Waals surface area contributed by atoms with Crippen LogP contribution in [0.4, 0.5) is 0 Å². The van der Waals surface area contributed by atoms with Crippen molar-refractivity contribution in [2.45, 2.75) is 56.5 Å². The van der Waals surface area contributed by atoms with Crippen molar-refractivity contribution < 1.29 is 14.6 Å². The van der Waals surface area contributed by atoms with E-state index in [-0.39, 0.29) is 18.2 Å². The highest BCUT2D eigenvalue weighted by Crippen LogP contribution is 2.42. The molecule has 1 aliphatic heterocycles. The number of ether oxygens (including phenoxy) is 1. The van der Waals surface area contributed by atoms with E-state index in [0.717, 1.165) is 31.6 Å². The fraction of sp³-hybridized carbons (Fsp3) is 0.632. The van der Waals surface area contributed by atoms with E-state index < -0.39 is 0 Å². The molecule has 0 radical (unpaired) electrons. The standard InChI is InChI=1S/C19H27NO3/c1-23-18-5-3-15(4-6-18)13-16(14-21)20-12-2-9-19(20)10-7-17(22)8-11-19/h3-6,16,21H,2,7-14H2,1H3/t16-/m0/s1. The average molecular weight is 317 g/mol. The van der Waals surface area contributed by atoms with E-state index in [1.807, 2.05) is 12.1 Å². The van der Waals surface area contributed by atoms with Gasteiger partial charge in [-0.2, -0.15) is 0 Å². The van der Waals surface area contributed by atoms with Gasteiger partial charge in [0.25, 0.3) is 0 Å². The van der Waals surface area contributed by atoms with E-state index in [9.17, 15) is 9.90 Å². The maximum atomic E-state index is 11.6. The minimum Gasteiger partial charge on any atom is -0.497 e. The first-order valence-electron chi connectivity index (χ1n) is 8.69. The summed E-state index contributed by atoms with van der Waals surface area (Å²) < 4.78 is 5.21. The molecule has 23 heavy (non-hydrogen) atoms. The molecule has 4 heteroatoms. The number of benzene rings is 1. The molecule has 0 aromatic heterocycles. The van der Waals surface area contributed by atoms with E-state index in [4.69, 9.17) is 4.74 Å². The molecule has 1 saturated carbocycles. The minimum absolute atomic E-state index is 0.138. The Labute approximate surface area is 138 Å². The zero-order valence-electron chi connectivity index (χ0n) is 14.0. The highest BCUT2D eigenvalue weighted by atomic mass is 16.5. The van der Waals surface area contributed by atoms with Gasteiger partial charge in [0, 0.05) is 24.4 Å². The van der Waals surface area contributed by atoms with Crippen LogP contribution in [-0.2, 0) is 11.2 Å². The van der Waals surface area contributed by atoms with E-state index >= 15 is 0 Å².